The Morgan fingerprint density at radius 2 is 1.71 bits per heavy atom. The smallest absolute Gasteiger partial charge is 0.102 e. The summed E-state index contributed by atoms with van der Waals surface area (Å²) in [5, 5.41) is 17.5. The summed E-state index contributed by atoms with van der Waals surface area (Å²) < 4.78 is 0. The van der Waals surface area contributed by atoms with Crippen LogP contribution in [0, 0.1) is 22.7 Å². The highest BCUT2D eigenvalue weighted by atomic mass is 14.7. The van der Waals surface area contributed by atoms with Crippen LogP contribution in [0.3, 0.4) is 0 Å². The lowest BCUT2D eigenvalue weighted by Crippen LogP contribution is -2.13. The number of pyridine rings is 1. The van der Waals surface area contributed by atoms with E-state index in [2.05, 4.69) is 4.98 Å². The second kappa shape index (κ2) is 3.47. The number of nitrogens with zero attached hydrogens (tertiary/aromatic N) is 3. The molecule has 0 unspecified atom stereocenters. The highest BCUT2D eigenvalue weighted by Gasteiger charge is 2.16. The largest absolute Gasteiger partial charge is 0.259 e. The standard InChI is InChI=1S/C11H11N3/c1-11(2,3)10-4-8(5-12)9(6-13)7-14-10/h4,7H,1-3H3. The monoisotopic (exact) mass is 185 g/mol. The van der Waals surface area contributed by atoms with Gasteiger partial charge in [-0.2, -0.15) is 10.5 Å². The van der Waals surface area contributed by atoms with Crippen LogP contribution in [0.5, 0.6) is 0 Å². The highest BCUT2D eigenvalue weighted by molar-refractivity contribution is 5.45. The molecular formula is C11H11N3. The van der Waals surface area contributed by atoms with Crippen molar-refractivity contribution in [3.63, 3.8) is 0 Å². The molecule has 0 saturated carbocycles. The van der Waals surface area contributed by atoms with E-state index in [9.17, 15) is 0 Å². The Hall–Kier alpha value is -1.87. The van der Waals surface area contributed by atoms with Crippen molar-refractivity contribution < 1.29 is 0 Å². The fourth-order valence-corrected chi connectivity index (χ4v) is 1.05. The minimum absolute atomic E-state index is 0.0976. The second-order valence-corrected chi connectivity index (χ2v) is 4.09. The first-order valence-electron chi connectivity index (χ1n) is 4.30. The van der Waals surface area contributed by atoms with Gasteiger partial charge in [-0.3, -0.25) is 4.98 Å². The summed E-state index contributed by atoms with van der Waals surface area (Å²) in [5.74, 6) is 0. The van der Waals surface area contributed by atoms with E-state index >= 15 is 0 Å². The summed E-state index contributed by atoms with van der Waals surface area (Å²) >= 11 is 0. The first-order chi connectivity index (χ1) is 6.49. The van der Waals surface area contributed by atoms with Gasteiger partial charge in [0.05, 0.1) is 11.1 Å². The van der Waals surface area contributed by atoms with Crippen LogP contribution in [-0.4, -0.2) is 4.98 Å². The summed E-state index contributed by atoms with van der Waals surface area (Å²) in [6, 6.07) is 5.62. The minimum atomic E-state index is -0.0976. The van der Waals surface area contributed by atoms with E-state index in [1.54, 1.807) is 6.07 Å². The molecular weight excluding hydrogens is 174 g/mol. The molecule has 0 aliphatic rings. The van der Waals surface area contributed by atoms with Crippen molar-refractivity contribution in [2.75, 3.05) is 0 Å². The molecule has 70 valence electrons. The quantitative estimate of drug-likeness (QED) is 0.622. The van der Waals surface area contributed by atoms with Crippen LogP contribution in [0.2, 0.25) is 0 Å². The zero-order valence-electron chi connectivity index (χ0n) is 8.50. The molecule has 0 amide bonds. The van der Waals surface area contributed by atoms with Crippen molar-refractivity contribution in [3.8, 4) is 12.1 Å². The van der Waals surface area contributed by atoms with Gasteiger partial charge in [0, 0.05) is 17.3 Å². The van der Waals surface area contributed by atoms with Gasteiger partial charge in [0.15, 0.2) is 0 Å². The molecule has 1 heterocycles. The van der Waals surface area contributed by atoms with Gasteiger partial charge in [-0.15, -0.1) is 0 Å². The number of hydrogen-bond donors (Lipinski definition) is 0. The molecule has 0 spiro atoms. The molecule has 3 heteroatoms. The molecule has 0 fully saturated rings. The van der Waals surface area contributed by atoms with E-state index in [-0.39, 0.29) is 5.41 Å². The lowest BCUT2D eigenvalue weighted by Gasteiger charge is -2.17. The van der Waals surface area contributed by atoms with E-state index < -0.39 is 0 Å². The zero-order chi connectivity index (χ0) is 10.8. The third-order valence-corrected chi connectivity index (χ3v) is 1.91. The van der Waals surface area contributed by atoms with Crippen LogP contribution in [-0.2, 0) is 5.41 Å². The van der Waals surface area contributed by atoms with Crippen molar-refractivity contribution in [1.29, 1.82) is 10.5 Å². The Bertz CT molecular complexity index is 427. The van der Waals surface area contributed by atoms with E-state index in [1.165, 1.54) is 6.20 Å². The first kappa shape index (κ1) is 10.2. The molecule has 0 saturated heterocycles. The summed E-state index contributed by atoms with van der Waals surface area (Å²) in [4.78, 5) is 4.16. The Kier molecular flexibility index (Phi) is 2.53. The van der Waals surface area contributed by atoms with Crippen LogP contribution in [0.15, 0.2) is 12.3 Å². The number of aromatic nitrogens is 1. The zero-order valence-corrected chi connectivity index (χ0v) is 8.50. The average Bonchev–Trinajstić information content (AvgIpc) is 2.15. The van der Waals surface area contributed by atoms with Crippen LogP contribution >= 0.6 is 0 Å². The summed E-state index contributed by atoms with van der Waals surface area (Å²) in [7, 11) is 0. The topological polar surface area (TPSA) is 60.5 Å². The van der Waals surface area contributed by atoms with Gasteiger partial charge < -0.3 is 0 Å². The maximum absolute atomic E-state index is 8.81. The molecule has 1 rings (SSSR count). The van der Waals surface area contributed by atoms with Crippen molar-refractivity contribution in [2.24, 2.45) is 0 Å². The third kappa shape index (κ3) is 1.89. The Morgan fingerprint density at radius 1 is 1.14 bits per heavy atom. The maximum atomic E-state index is 8.81. The van der Waals surface area contributed by atoms with Crippen LogP contribution in [0.4, 0.5) is 0 Å². The Balaban J connectivity index is 3.32. The maximum Gasteiger partial charge on any atom is 0.102 e. The van der Waals surface area contributed by atoms with Gasteiger partial charge in [-0.25, -0.2) is 0 Å². The minimum Gasteiger partial charge on any atom is -0.259 e. The van der Waals surface area contributed by atoms with E-state index in [0.717, 1.165) is 5.69 Å². The Labute approximate surface area is 83.6 Å². The summed E-state index contributed by atoms with van der Waals surface area (Å²) in [6.07, 6.45) is 1.46. The summed E-state index contributed by atoms with van der Waals surface area (Å²) in [6.45, 7) is 6.05. The normalized spacial score (nSPS) is 10.4. The van der Waals surface area contributed by atoms with Gasteiger partial charge in [0.1, 0.15) is 12.1 Å². The third-order valence-electron chi connectivity index (χ3n) is 1.91. The van der Waals surface area contributed by atoms with Crippen LogP contribution in [0.1, 0.15) is 37.6 Å². The number of nitriles is 2. The van der Waals surface area contributed by atoms with Gasteiger partial charge >= 0.3 is 0 Å². The molecule has 0 N–H and O–H groups in total. The molecule has 0 bridgehead atoms. The number of hydrogen-bond acceptors (Lipinski definition) is 3. The predicted molar refractivity (Wildman–Crippen MR) is 52.4 cm³/mol. The average molecular weight is 185 g/mol. The first-order valence-corrected chi connectivity index (χ1v) is 4.30. The molecule has 0 aliphatic carbocycles. The van der Waals surface area contributed by atoms with Crippen LogP contribution < -0.4 is 0 Å². The lowest BCUT2D eigenvalue weighted by molar-refractivity contribution is 0.568. The van der Waals surface area contributed by atoms with Crippen molar-refractivity contribution in [1.82, 2.24) is 4.98 Å². The van der Waals surface area contributed by atoms with Crippen LogP contribution in [0.25, 0.3) is 0 Å². The van der Waals surface area contributed by atoms with Crippen molar-refractivity contribution in [3.05, 3.63) is 29.1 Å². The molecule has 0 aliphatic heterocycles. The second-order valence-electron chi connectivity index (χ2n) is 4.09. The highest BCUT2D eigenvalue weighted by Crippen LogP contribution is 2.21. The van der Waals surface area contributed by atoms with Gasteiger partial charge in [0.2, 0.25) is 0 Å². The molecule has 3 nitrogen and oxygen atoms in total. The SMILES string of the molecule is CC(C)(C)c1cc(C#N)c(C#N)cn1. The van der Waals surface area contributed by atoms with E-state index in [0.29, 0.717) is 11.1 Å². The number of rotatable bonds is 0. The fraction of sp³-hybridized carbons (Fsp3) is 0.364. The summed E-state index contributed by atoms with van der Waals surface area (Å²) in [5.41, 5.74) is 1.46. The Morgan fingerprint density at radius 3 is 2.14 bits per heavy atom. The molecule has 0 atom stereocenters. The van der Waals surface area contributed by atoms with Crippen molar-refractivity contribution in [2.45, 2.75) is 26.2 Å². The fourth-order valence-electron chi connectivity index (χ4n) is 1.05. The predicted octanol–water partition coefficient (Wildman–Crippen LogP) is 2.12. The molecule has 1 aromatic heterocycles. The van der Waals surface area contributed by atoms with Gasteiger partial charge in [-0.05, 0) is 6.07 Å². The van der Waals surface area contributed by atoms with E-state index in [1.807, 2.05) is 32.9 Å². The molecule has 1 aromatic rings. The van der Waals surface area contributed by atoms with Gasteiger partial charge in [-0.1, -0.05) is 20.8 Å². The molecule has 14 heavy (non-hydrogen) atoms. The van der Waals surface area contributed by atoms with Gasteiger partial charge in [0.25, 0.3) is 0 Å². The van der Waals surface area contributed by atoms with E-state index in [4.69, 9.17) is 10.5 Å². The van der Waals surface area contributed by atoms with Crippen molar-refractivity contribution >= 4 is 0 Å². The molecule has 0 aromatic carbocycles. The lowest BCUT2D eigenvalue weighted by atomic mass is 9.90. The molecule has 0 radical (unpaired) electrons.